The van der Waals surface area contributed by atoms with Crippen molar-refractivity contribution < 1.29 is 9.53 Å². The number of carbonyl (C=O) groups excluding carboxylic acids is 1. The van der Waals surface area contributed by atoms with Crippen LogP contribution in [-0.4, -0.2) is 21.8 Å². The molecule has 1 aromatic carbocycles. The van der Waals surface area contributed by atoms with Crippen molar-refractivity contribution in [3.8, 4) is 5.75 Å². The number of rotatable bonds is 5. The van der Waals surface area contributed by atoms with E-state index in [1.165, 1.54) is 12.8 Å². The van der Waals surface area contributed by atoms with Crippen LogP contribution in [0.1, 0.15) is 42.6 Å². The maximum atomic E-state index is 12.4. The fourth-order valence-corrected chi connectivity index (χ4v) is 3.28. The first-order valence-corrected chi connectivity index (χ1v) is 8.58. The zero-order valence-corrected chi connectivity index (χ0v) is 14.6. The third-order valence-electron chi connectivity index (χ3n) is 4.72. The van der Waals surface area contributed by atoms with E-state index in [1.807, 2.05) is 49.8 Å². The number of hydrogen-bond acceptors (Lipinski definition) is 3. The van der Waals surface area contributed by atoms with E-state index in [0.717, 1.165) is 41.2 Å². The molecule has 0 unspecified atom stereocenters. The molecule has 128 valence electrons. The Kier molecular flexibility index (Phi) is 4.88. The lowest BCUT2D eigenvalue weighted by Crippen LogP contribution is -2.16. The normalized spacial score (nSPS) is 14.8. The fraction of sp³-hybridized carbons (Fsp3) is 0.474. The van der Waals surface area contributed by atoms with Crippen molar-refractivity contribution in [1.29, 1.82) is 0 Å². The van der Waals surface area contributed by atoms with E-state index in [1.54, 1.807) is 0 Å². The second-order valence-corrected chi connectivity index (χ2v) is 6.55. The Morgan fingerprint density at radius 3 is 2.75 bits per heavy atom. The molecule has 1 saturated carbocycles. The number of amides is 1. The van der Waals surface area contributed by atoms with Crippen molar-refractivity contribution in [3.63, 3.8) is 0 Å². The number of aromatic nitrogens is 2. The molecule has 1 aliphatic rings. The average molecular weight is 327 g/mol. The van der Waals surface area contributed by atoms with Gasteiger partial charge in [-0.1, -0.05) is 6.07 Å². The van der Waals surface area contributed by atoms with E-state index in [0.29, 0.717) is 12.5 Å². The van der Waals surface area contributed by atoms with Gasteiger partial charge < -0.3 is 10.1 Å². The maximum Gasteiger partial charge on any atom is 0.228 e. The average Bonchev–Trinajstić information content (AvgIpc) is 3.12. The van der Waals surface area contributed by atoms with Crippen molar-refractivity contribution >= 4 is 11.6 Å². The Morgan fingerprint density at radius 2 is 2.08 bits per heavy atom. The van der Waals surface area contributed by atoms with E-state index in [-0.39, 0.29) is 5.91 Å². The van der Waals surface area contributed by atoms with Gasteiger partial charge in [-0.15, -0.1) is 0 Å². The summed E-state index contributed by atoms with van der Waals surface area (Å²) in [5.74, 6) is 0.792. The molecule has 5 nitrogen and oxygen atoms in total. The number of aryl methyl sites for hydroxylation is 2. The third kappa shape index (κ3) is 3.78. The van der Waals surface area contributed by atoms with Crippen LogP contribution < -0.4 is 10.1 Å². The Balaban J connectivity index is 1.63. The first-order chi connectivity index (χ1) is 11.5. The molecule has 3 rings (SSSR count). The molecule has 0 radical (unpaired) electrons. The molecule has 0 saturated heterocycles. The van der Waals surface area contributed by atoms with Crippen LogP contribution in [0.15, 0.2) is 24.3 Å². The predicted molar refractivity (Wildman–Crippen MR) is 94.3 cm³/mol. The van der Waals surface area contributed by atoms with Gasteiger partial charge in [-0.25, -0.2) is 0 Å². The van der Waals surface area contributed by atoms with Crippen molar-refractivity contribution in [1.82, 2.24) is 9.78 Å². The van der Waals surface area contributed by atoms with Gasteiger partial charge in [0, 0.05) is 30.1 Å². The minimum absolute atomic E-state index is 0.0350. The Morgan fingerprint density at radius 1 is 1.33 bits per heavy atom. The van der Waals surface area contributed by atoms with Gasteiger partial charge in [-0.2, -0.15) is 5.10 Å². The third-order valence-corrected chi connectivity index (χ3v) is 4.72. The number of benzene rings is 1. The van der Waals surface area contributed by atoms with E-state index in [4.69, 9.17) is 4.74 Å². The van der Waals surface area contributed by atoms with Crippen LogP contribution in [0.3, 0.4) is 0 Å². The molecule has 1 aromatic heterocycles. The Bertz CT molecular complexity index is 730. The van der Waals surface area contributed by atoms with Crippen LogP contribution in [0, 0.1) is 13.8 Å². The van der Waals surface area contributed by atoms with Crippen LogP contribution >= 0.6 is 0 Å². The van der Waals surface area contributed by atoms with Crippen molar-refractivity contribution in [2.75, 3.05) is 5.32 Å². The minimum atomic E-state index is -0.0350. The van der Waals surface area contributed by atoms with Gasteiger partial charge in [0.25, 0.3) is 0 Å². The fourth-order valence-electron chi connectivity index (χ4n) is 3.28. The summed E-state index contributed by atoms with van der Waals surface area (Å²) in [6.07, 6.45) is 5.37. The molecule has 0 spiro atoms. The summed E-state index contributed by atoms with van der Waals surface area (Å²) >= 11 is 0. The number of anilines is 1. The highest BCUT2D eigenvalue weighted by Gasteiger charge is 2.17. The van der Waals surface area contributed by atoms with Crippen LogP contribution in [0.5, 0.6) is 5.75 Å². The molecule has 2 aromatic rings. The number of carbonyl (C=O) groups is 1. The molecule has 1 N–H and O–H groups in total. The van der Waals surface area contributed by atoms with Gasteiger partial charge in [-0.3, -0.25) is 9.48 Å². The molecule has 0 bridgehead atoms. The predicted octanol–water partition coefficient (Wildman–Crippen LogP) is 3.54. The van der Waals surface area contributed by atoms with Crippen molar-refractivity contribution in [2.45, 2.75) is 52.1 Å². The molecular weight excluding hydrogens is 302 g/mol. The highest BCUT2D eigenvalue weighted by molar-refractivity contribution is 5.92. The summed E-state index contributed by atoms with van der Waals surface area (Å²) in [5, 5.41) is 7.32. The highest BCUT2D eigenvalue weighted by atomic mass is 16.5. The van der Waals surface area contributed by atoms with Crippen LogP contribution in [0.4, 0.5) is 5.69 Å². The standard InChI is InChI=1S/C19H25N3O2/c1-13-18(14(2)22(3)21-13)12-19(23)20-15-7-6-10-17(11-15)24-16-8-4-5-9-16/h6-7,10-11,16H,4-5,8-9,12H2,1-3H3,(H,20,23). The van der Waals surface area contributed by atoms with Crippen LogP contribution in [-0.2, 0) is 18.3 Å². The summed E-state index contributed by atoms with van der Waals surface area (Å²) in [4.78, 5) is 12.4. The Hall–Kier alpha value is -2.30. The van der Waals surface area contributed by atoms with Crippen molar-refractivity contribution in [3.05, 3.63) is 41.2 Å². The van der Waals surface area contributed by atoms with E-state index < -0.39 is 0 Å². The monoisotopic (exact) mass is 327 g/mol. The Labute approximate surface area is 143 Å². The van der Waals surface area contributed by atoms with Crippen LogP contribution in [0.25, 0.3) is 0 Å². The summed E-state index contributed by atoms with van der Waals surface area (Å²) in [7, 11) is 1.90. The number of ether oxygens (including phenoxy) is 1. The van der Waals surface area contributed by atoms with Gasteiger partial charge in [0.2, 0.25) is 5.91 Å². The van der Waals surface area contributed by atoms with Crippen LogP contribution in [0.2, 0.25) is 0 Å². The molecule has 5 heteroatoms. The maximum absolute atomic E-state index is 12.4. The highest BCUT2D eigenvalue weighted by Crippen LogP contribution is 2.26. The van der Waals surface area contributed by atoms with E-state index >= 15 is 0 Å². The second-order valence-electron chi connectivity index (χ2n) is 6.55. The smallest absolute Gasteiger partial charge is 0.228 e. The first-order valence-electron chi connectivity index (χ1n) is 8.58. The molecule has 1 heterocycles. The van der Waals surface area contributed by atoms with Crippen molar-refractivity contribution in [2.24, 2.45) is 7.05 Å². The second kappa shape index (κ2) is 7.07. The minimum Gasteiger partial charge on any atom is -0.490 e. The summed E-state index contributed by atoms with van der Waals surface area (Å²) in [6, 6.07) is 7.66. The number of nitrogens with one attached hydrogen (secondary N) is 1. The van der Waals surface area contributed by atoms with Gasteiger partial charge >= 0.3 is 0 Å². The summed E-state index contributed by atoms with van der Waals surface area (Å²) in [6.45, 7) is 3.92. The number of nitrogens with zero attached hydrogens (tertiary/aromatic N) is 2. The molecular formula is C19H25N3O2. The largest absolute Gasteiger partial charge is 0.490 e. The first kappa shape index (κ1) is 16.6. The van der Waals surface area contributed by atoms with Gasteiger partial charge in [0.1, 0.15) is 5.75 Å². The number of hydrogen-bond donors (Lipinski definition) is 1. The zero-order valence-electron chi connectivity index (χ0n) is 14.6. The lowest BCUT2D eigenvalue weighted by Gasteiger charge is -2.14. The SMILES string of the molecule is Cc1nn(C)c(C)c1CC(=O)Nc1cccc(OC2CCCC2)c1. The lowest BCUT2D eigenvalue weighted by atomic mass is 10.1. The molecule has 1 amide bonds. The van der Waals surface area contributed by atoms with Gasteiger partial charge in [0.05, 0.1) is 18.2 Å². The molecule has 0 aliphatic heterocycles. The van der Waals surface area contributed by atoms with E-state index in [9.17, 15) is 4.79 Å². The zero-order chi connectivity index (χ0) is 17.1. The lowest BCUT2D eigenvalue weighted by molar-refractivity contribution is -0.115. The molecule has 1 aliphatic carbocycles. The molecule has 1 fully saturated rings. The van der Waals surface area contributed by atoms with Gasteiger partial charge in [-0.05, 0) is 51.7 Å². The summed E-state index contributed by atoms with van der Waals surface area (Å²) < 4.78 is 7.81. The van der Waals surface area contributed by atoms with E-state index in [2.05, 4.69) is 10.4 Å². The molecule has 0 atom stereocenters. The summed E-state index contributed by atoms with van der Waals surface area (Å²) in [5.41, 5.74) is 3.70. The molecule has 24 heavy (non-hydrogen) atoms. The topological polar surface area (TPSA) is 56.2 Å². The quantitative estimate of drug-likeness (QED) is 0.914. The van der Waals surface area contributed by atoms with Gasteiger partial charge in [0.15, 0.2) is 0 Å².